The van der Waals surface area contributed by atoms with E-state index in [-0.39, 0.29) is 5.54 Å². The molecule has 1 saturated heterocycles. The van der Waals surface area contributed by atoms with E-state index < -0.39 is 0 Å². The lowest BCUT2D eigenvalue weighted by Gasteiger charge is -2.37. The van der Waals surface area contributed by atoms with Crippen molar-refractivity contribution in [1.82, 2.24) is 9.88 Å². The van der Waals surface area contributed by atoms with Gasteiger partial charge in [-0.2, -0.15) is 0 Å². The second-order valence-electron chi connectivity index (χ2n) is 4.66. The number of nitrogens with zero attached hydrogens (tertiary/aromatic N) is 2. The number of likely N-dealkylation sites (tertiary alicyclic amines) is 1. The Balaban J connectivity index is 1.99. The first kappa shape index (κ1) is 10.6. The summed E-state index contributed by atoms with van der Waals surface area (Å²) in [5.74, 6) is 0. The summed E-state index contributed by atoms with van der Waals surface area (Å²) in [6.07, 6.45) is 4.88. The van der Waals surface area contributed by atoms with E-state index in [0.717, 1.165) is 38.0 Å². The third-order valence-corrected chi connectivity index (χ3v) is 3.24. The number of rotatable bonds is 2. The van der Waals surface area contributed by atoms with Crippen molar-refractivity contribution in [2.75, 3.05) is 20.1 Å². The highest BCUT2D eigenvalue weighted by atomic mass is 15.1. The van der Waals surface area contributed by atoms with E-state index in [1.807, 2.05) is 18.3 Å². The molecule has 0 spiro atoms. The maximum absolute atomic E-state index is 6.39. The molecule has 82 valence electrons. The van der Waals surface area contributed by atoms with Gasteiger partial charge in [-0.1, -0.05) is 6.07 Å². The molecule has 1 aromatic rings. The van der Waals surface area contributed by atoms with E-state index in [1.54, 1.807) is 0 Å². The van der Waals surface area contributed by atoms with Gasteiger partial charge in [-0.25, -0.2) is 0 Å². The van der Waals surface area contributed by atoms with Crippen molar-refractivity contribution in [3.05, 3.63) is 30.1 Å². The predicted molar refractivity (Wildman–Crippen MR) is 61.6 cm³/mol. The van der Waals surface area contributed by atoms with Gasteiger partial charge in [0.1, 0.15) is 0 Å². The molecule has 0 saturated carbocycles. The summed E-state index contributed by atoms with van der Waals surface area (Å²) in [5, 5.41) is 0. The molecular formula is C12H19N3. The fraction of sp³-hybridized carbons (Fsp3) is 0.583. The van der Waals surface area contributed by atoms with Gasteiger partial charge < -0.3 is 10.6 Å². The maximum atomic E-state index is 6.39. The van der Waals surface area contributed by atoms with Crippen LogP contribution in [-0.2, 0) is 6.42 Å². The van der Waals surface area contributed by atoms with Crippen molar-refractivity contribution in [1.29, 1.82) is 0 Å². The van der Waals surface area contributed by atoms with Gasteiger partial charge in [-0.05, 0) is 45.1 Å². The Kier molecular flexibility index (Phi) is 3.03. The zero-order chi connectivity index (χ0) is 10.7. The van der Waals surface area contributed by atoms with Gasteiger partial charge in [-0.15, -0.1) is 0 Å². The molecule has 0 aromatic carbocycles. The molecule has 3 heteroatoms. The molecule has 1 aliphatic rings. The van der Waals surface area contributed by atoms with Crippen LogP contribution in [0, 0.1) is 0 Å². The zero-order valence-corrected chi connectivity index (χ0v) is 9.32. The molecule has 0 unspecified atom stereocenters. The molecule has 3 nitrogen and oxygen atoms in total. The molecule has 0 aliphatic carbocycles. The van der Waals surface area contributed by atoms with Crippen LogP contribution in [-0.4, -0.2) is 35.6 Å². The van der Waals surface area contributed by atoms with Crippen LogP contribution in [0.2, 0.25) is 0 Å². The highest BCUT2D eigenvalue weighted by Gasteiger charge is 2.29. The van der Waals surface area contributed by atoms with Crippen LogP contribution in [0.25, 0.3) is 0 Å². The molecule has 15 heavy (non-hydrogen) atoms. The monoisotopic (exact) mass is 205 g/mol. The van der Waals surface area contributed by atoms with Gasteiger partial charge in [0.15, 0.2) is 0 Å². The van der Waals surface area contributed by atoms with Gasteiger partial charge in [-0.3, -0.25) is 4.98 Å². The molecule has 1 fully saturated rings. The summed E-state index contributed by atoms with van der Waals surface area (Å²) in [6.45, 7) is 2.20. The van der Waals surface area contributed by atoms with Gasteiger partial charge in [0.2, 0.25) is 0 Å². The van der Waals surface area contributed by atoms with Crippen LogP contribution in [0.4, 0.5) is 0 Å². The minimum atomic E-state index is -0.0408. The molecule has 2 N–H and O–H groups in total. The smallest absolute Gasteiger partial charge is 0.0421 e. The van der Waals surface area contributed by atoms with Crippen molar-refractivity contribution in [2.24, 2.45) is 5.73 Å². The molecule has 1 aliphatic heterocycles. The number of pyridine rings is 1. The Bertz CT molecular complexity index is 302. The fourth-order valence-corrected chi connectivity index (χ4v) is 2.10. The quantitative estimate of drug-likeness (QED) is 0.784. The molecule has 1 aromatic heterocycles. The molecule has 2 heterocycles. The summed E-state index contributed by atoms with van der Waals surface area (Å²) in [6, 6.07) is 6.04. The maximum Gasteiger partial charge on any atom is 0.0421 e. The summed E-state index contributed by atoms with van der Waals surface area (Å²) >= 11 is 0. The Hall–Kier alpha value is -0.930. The molecule has 0 radical (unpaired) electrons. The van der Waals surface area contributed by atoms with Crippen molar-refractivity contribution >= 4 is 0 Å². The first-order valence-electron chi connectivity index (χ1n) is 5.55. The third kappa shape index (κ3) is 2.76. The van der Waals surface area contributed by atoms with Crippen LogP contribution in [0.15, 0.2) is 24.4 Å². The lowest BCUT2D eigenvalue weighted by atomic mass is 9.84. The van der Waals surface area contributed by atoms with E-state index in [2.05, 4.69) is 23.0 Å². The van der Waals surface area contributed by atoms with Crippen LogP contribution >= 0.6 is 0 Å². The first-order valence-corrected chi connectivity index (χ1v) is 5.55. The second-order valence-corrected chi connectivity index (χ2v) is 4.66. The average Bonchev–Trinajstić information content (AvgIpc) is 2.24. The molecule has 0 bridgehead atoms. The Morgan fingerprint density at radius 3 is 2.73 bits per heavy atom. The van der Waals surface area contributed by atoms with E-state index in [1.165, 1.54) is 0 Å². The Morgan fingerprint density at radius 1 is 1.40 bits per heavy atom. The van der Waals surface area contributed by atoms with E-state index >= 15 is 0 Å². The van der Waals surface area contributed by atoms with Crippen LogP contribution in [0.3, 0.4) is 0 Å². The molecule has 0 atom stereocenters. The highest BCUT2D eigenvalue weighted by molar-refractivity contribution is 5.09. The second kappa shape index (κ2) is 4.29. The first-order chi connectivity index (χ1) is 7.18. The number of aromatic nitrogens is 1. The normalized spacial score (nSPS) is 21.5. The fourth-order valence-electron chi connectivity index (χ4n) is 2.10. The topological polar surface area (TPSA) is 42.1 Å². The standard InChI is InChI=1S/C12H19N3/c1-15-8-5-12(13,6-9-15)10-11-4-2-3-7-14-11/h2-4,7H,5-6,8-10,13H2,1H3. The lowest BCUT2D eigenvalue weighted by Crippen LogP contribution is -2.50. The Labute approximate surface area is 91.3 Å². The molecule has 0 amide bonds. The number of nitrogens with two attached hydrogens (primary N) is 1. The van der Waals surface area contributed by atoms with E-state index in [9.17, 15) is 0 Å². The minimum absolute atomic E-state index is 0.0408. The van der Waals surface area contributed by atoms with Crippen LogP contribution in [0.5, 0.6) is 0 Å². The summed E-state index contributed by atoms with van der Waals surface area (Å²) < 4.78 is 0. The summed E-state index contributed by atoms with van der Waals surface area (Å²) in [4.78, 5) is 6.68. The third-order valence-electron chi connectivity index (χ3n) is 3.24. The van der Waals surface area contributed by atoms with Gasteiger partial charge >= 0.3 is 0 Å². The minimum Gasteiger partial charge on any atom is -0.325 e. The zero-order valence-electron chi connectivity index (χ0n) is 9.32. The Morgan fingerprint density at radius 2 is 2.13 bits per heavy atom. The van der Waals surface area contributed by atoms with Gasteiger partial charge in [0, 0.05) is 23.9 Å². The van der Waals surface area contributed by atoms with Gasteiger partial charge in [0.05, 0.1) is 0 Å². The van der Waals surface area contributed by atoms with Crippen LogP contribution < -0.4 is 5.73 Å². The van der Waals surface area contributed by atoms with Crippen molar-refractivity contribution in [3.63, 3.8) is 0 Å². The summed E-state index contributed by atoms with van der Waals surface area (Å²) in [7, 11) is 2.15. The molecular weight excluding hydrogens is 186 g/mol. The number of hydrogen-bond donors (Lipinski definition) is 1. The van der Waals surface area contributed by atoms with Crippen molar-refractivity contribution in [2.45, 2.75) is 24.8 Å². The van der Waals surface area contributed by atoms with E-state index in [0.29, 0.717) is 0 Å². The SMILES string of the molecule is CN1CCC(N)(Cc2ccccn2)CC1. The predicted octanol–water partition coefficient (Wildman–Crippen LogP) is 1.05. The lowest BCUT2D eigenvalue weighted by molar-refractivity contribution is 0.189. The number of hydrogen-bond acceptors (Lipinski definition) is 3. The molecule has 2 rings (SSSR count). The average molecular weight is 205 g/mol. The van der Waals surface area contributed by atoms with Gasteiger partial charge in [0.25, 0.3) is 0 Å². The summed E-state index contributed by atoms with van der Waals surface area (Å²) in [5.41, 5.74) is 7.46. The van der Waals surface area contributed by atoms with Crippen molar-refractivity contribution < 1.29 is 0 Å². The largest absolute Gasteiger partial charge is 0.325 e. The number of piperidine rings is 1. The highest BCUT2D eigenvalue weighted by Crippen LogP contribution is 2.22. The van der Waals surface area contributed by atoms with Crippen LogP contribution in [0.1, 0.15) is 18.5 Å². The van der Waals surface area contributed by atoms with Crippen molar-refractivity contribution in [3.8, 4) is 0 Å². The van der Waals surface area contributed by atoms with E-state index in [4.69, 9.17) is 5.73 Å².